The van der Waals surface area contributed by atoms with Crippen molar-refractivity contribution in [1.29, 1.82) is 0 Å². The summed E-state index contributed by atoms with van der Waals surface area (Å²) in [5, 5.41) is 7.02. The van der Waals surface area contributed by atoms with Crippen LogP contribution in [0.15, 0.2) is 24.3 Å². The van der Waals surface area contributed by atoms with Crippen LogP contribution in [0, 0.1) is 13.8 Å². The maximum atomic E-state index is 11.8. The van der Waals surface area contributed by atoms with E-state index in [4.69, 9.17) is 5.73 Å². The first kappa shape index (κ1) is 13.1. The first-order chi connectivity index (χ1) is 9.04. The minimum Gasteiger partial charge on any atom is -0.399 e. The van der Waals surface area contributed by atoms with Crippen LogP contribution in [0.25, 0.3) is 0 Å². The fourth-order valence-corrected chi connectivity index (χ4v) is 1.77. The van der Waals surface area contributed by atoms with Crippen LogP contribution in [-0.2, 0) is 11.3 Å². The van der Waals surface area contributed by atoms with Gasteiger partial charge in [-0.1, -0.05) is 0 Å². The first-order valence-electron chi connectivity index (χ1n) is 6.08. The van der Waals surface area contributed by atoms with Gasteiger partial charge in [0.2, 0.25) is 5.91 Å². The molecule has 1 heterocycles. The Hall–Kier alpha value is -2.37. The van der Waals surface area contributed by atoms with Crippen LogP contribution in [0.5, 0.6) is 0 Å². The van der Waals surface area contributed by atoms with E-state index in [0.29, 0.717) is 18.7 Å². The summed E-state index contributed by atoms with van der Waals surface area (Å²) in [6, 6.07) is 7.05. The standard InChI is InChI=1S/C13H17N5O/c1-9-15-10(2)18(17-9)8-7-13(19)16-12-5-3-11(14)4-6-12/h3-6H,7-8,14H2,1-2H3,(H,16,19). The van der Waals surface area contributed by atoms with Crippen LogP contribution in [0.1, 0.15) is 18.1 Å². The number of nitrogens with one attached hydrogen (secondary N) is 1. The molecule has 0 saturated carbocycles. The lowest BCUT2D eigenvalue weighted by Gasteiger charge is -2.06. The van der Waals surface area contributed by atoms with Gasteiger partial charge in [0, 0.05) is 17.8 Å². The maximum absolute atomic E-state index is 11.8. The molecule has 2 rings (SSSR count). The van der Waals surface area contributed by atoms with Crippen molar-refractivity contribution in [2.75, 3.05) is 11.1 Å². The third kappa shape index (κ3) is 3.54. The first-order valence-corrected chi connectivity index (χ1v) is 6.08. The van der Waals surface area contributed by atoms with Crippen molar-refractivity contribution < 1.29 is 4.79 Å². The number of anilines is 2. The summed E-state index contributed by atoms with van der Waals surface area (Å²) in [5.74, 6) is 1.48. The molecule has 0 unspecified atom stereocenters. The molecule has 0 radical (unpaired) electrons. The number of nitrogens with two attached hydrogens (primary N) is 1. The van der Waals surface area contributed by atoms with Gasteiger partial charge in [-0.3, -0.25) is 4.79 Å². The van der Waals surface area contributed by atoms with Gasteiger partial charge in [-0.05, 0) is 38.1 Å². The lowest BCUT2D eigenvalue weighted by atomic mass is 10.3. The van der Waals surface area contributed by atoms with Gasteiger partial charge in [0.15, 0.2) is 0 Å². The minimum atomic E-state index is -0.0580. The quantitative estimate of drug-likeness (QED) is 0.815. The molecule has 6 nitrogen and oxygen atoms in total. The fraction of sp³-hybridized carbons (Fsp3) is 0.308. The molecule has 0 aliphatic heterocycles. The molecular formula is C13H17N5O. The van der Waals surface area contributed by atoms with Crippen LogP contribution < -0.4 is 11.1 Å². The maximum Gasteiger partial charge on any atom is 0.226 e. The van der Waals surface area contributed by atoms with E-state index in [1.807, 2.05) is 13.8 Å². The molecule has 0 saturated heterocycles. The Morgan fingerprint density at radius 3 is 2.58 bits per heavy atom. The van der Waals surface area contributed by atoms with Crippen molar-refractivity contribution in [3.8, 4) is 0 Å². The van der Waals surface area contributed by atoms with Crippen LogP contribution >= 0.6 is 0 Å². The molecule has 0 fully saturated rings. The molecule has 0 aliphatic carbocycles. The molecule has 1 amide bonds. The Morgan fingerprint density at radius 2 is 2.00 bits per heavy atom. The molecule has 0 spiro atoms. The lowest BCUT2D eigenvalue weighted by Crippen LogP contribution is -2.15. The average molecular weight is 259 g/mol. The average Bonchev–Trinajstić information content (AvgIpc) is 2.68. The molecule has 0 bridgehead atoms. The summed E-state index contributed by atoms with van der Waals surface area (Å²) in [7, 11) is 0. The fourth-order valence-electron chi connectivity index (χ4n) is 1.77. The zero-order valence-electron chi connectivity index (χ0n) is 11.1. The van der Waals surface area contributed by atoms with E-state index in [-0.39, 0.29) is 5.91 Å². The van der Waals surface area contributed by atoms with Gasteiger partial charge in [0.1, 0.15) is 11.6 Å². The van der Waals surface area contributed by atoms with E-state index in [1.54, 1.807) is 28.9 Å². The summed E-state index contributed by atoms with van der Waals surface area (Å²) >= 11 is 0. The molecule has 6 heteroatoms. The molecule has 1 aromatic heterocycles. The van der Waals surface area contributed by atoms with Gasteiger partial charge >= 0.3 is 0 Å². The molecule has 19 heavy (non-hydrogen) atoms. The van der Waals surface area contributed by atoms with Crippen molar-refractivity contribution in [3.05, 3.63) is 35.9 Å². The van der Waals surface area contributed by atoms with Crippen molar-refractivity contribution in [2.45, 2.75) is 26.8 Å². The monoisotopic (exact) mass is 259 g/mol. The molecule has 0 atom stereocenters. The molecule has 2 aromatic rings. The number of rotatable bonds is 4. The Bertz CT molecular complexity index is 573. The topological polar surface area (TPSA) is 85.8 Å². The number of hydrogen-bond acceptors (Lipinski definition) is 4. The lowest BCUT2D eigenvalue weighted by molar-refractivity contribution is -0.116. The van der Waals surface area contributed by atoms with Crippen molar-refractivity contribution in [1.82, 2.24) is 14.8 Å². The van der Waals surface area contributed by atoms with E-state index < -0.39 is 0 Å². The summed E-state index contributed by atoms with van der Waals surface area (Å²) in [6.45, 7) is 4.23. The number of hydrogen-bond donors (Lipinski definition) is 2. The highest BCUT2D eigenvalue weighted by atomic mass is 16.1. The van der Waals surface area contributed by atoms with Crippen LogP contribution in [0.3, 0.4) is 0 Å². The van der Waals surface area contributed by atoms with E-state index >= 15 is 0 Å². The second-order valence-corrected chi connectivity index (χ2v) is 4.35. The van der Waals surface area contributed by atoms with Crippen LogP contribution in [0.2, 0.25) is 0 Å². The zero-order valence-corrected chi connectivity index (χ0v) is 11.1. The van der Waals surface area contributed by atoms with Crippen molar-refractivity contribution >= 4 is 17.3 Å². The van der Waals surface area contributed by atoms with Gasteiger partial charge in [-0.25, -0.2) is 9.67 Å². The third-order valence-corrected chi connectivity index (χ3v) is 2.71. The van der Waals surface area contributed by atoms with Gasteiger partial charge in [0.25, 0.3) is 0 Å². The van der Waals surface area contributed by atoms with E-state index in [1.165, 1.54) is 0 Å². The van der Waals surface area contributed by atoms with Crippen LogP contribution in [-0.4, -0.2) is 20.7 Å². The second kappa shape index (κ2) is 5.51. The SMILES string of the molecule is Cc1nc(C)n(CCC(=O)Nc2ccc(N)cc2)n1. The molecule has 1 aromatic carbocycles. The summed E-state index contributed by atoms with van der Waals surface area (Å²) in [5.41, 5.74) is 6.99. The van der Waals surface area contributed by atoms with E-state index in [0.717, 1.165) is 17.3 Å². The highest BCUT2D eigenvalue weighted by Crippen LogP contribution is 2.10. The number of aromatic nitrogens is 3. The van der Waals surface area contributed by atoms with E-state index in [9.17, 15) is 4.79 Å². The van der Waals surface area contributed by atoms with Gasteiger partial charge in [0.05, 0.1) is 6.54 Å². The number of benzene rings is 1. The second-order valence-electron chi connectivity index (χ2n) is 4.35. The summed E-state index contributed by atoms with van der Waals surface area (Å²) in [6.07, 6.45) is 0.355. The largest absolute Gasteiger partial charge is 0.399 e. The number of aryl methyl sites for hydroxylation is 3. The Balaban J connectivity index is 1.88. The number of carbonyl (C=O) groups excluding carboxylic acids is 1. The smallest absolute Gasteiger partial charge is 0.226 e. The predicted octanol–water partition coefficient (Wildman–Crippen LogP) is 1.51. The number of nitrogens with zero attached hydrogens (tertiary/aromatic N) is 3. The molecular weight excluding hydrogens is 242 g/mol. The Morgan fingerprint density at radius 1 is 1.32 bits per heavy atom. The van der Waals surface area contributed by atoms with Crippen LogP contribution in [0.4, 0.5) is 11.4 Å². The highest BCUT2D eigenvalue weighted by Gasteiger charge is 2.06. The number of nitrogen functional groups attached to an aromatic ring is 1. The zero-order chi connectivity index (χ0) is 13.8. The predicted molar refractivity (Wildman–Crippen MR) is 73.6 cm³/mol. The normalized spacial score (nSPS) is 10.4. The number of carbonyl (C=O) groups is 1. The Labute approximate surface area is 111 Å². The molecule has 3 N–H and O–H groups in total. The van der Waals surface area contributed by atoms with Crippen molar-refractivity contribution in [2.24, 2.45) is 0 Å². The van der Waals surface area contributed by atoms with E-state index in [2.05, 4.69) is 15.4 Å². The van der Waals surface area contributed by atoms with Gasteiger partial charge in [-0.2, -0.15) is 5.10 Å². The molecule has 0 aliphatic rings. The van der Waals surface area contributed by atoms with Crippen molar-refractivity contribution in [3.63, 3.8) is 0 Å². The van der Waals surface area contributed by atoms with Gasteiger partial charge < -0.3 is 11.1 Å². The highest BCUT2D eigenvalue weighted by molar-refractivity contribution is 5.90. The minimum absolute atomic E-state index is 0.0580. The summed E-state index contributed by atoms with van der Waals surface area (Å²) in [4.78, 5) is 16.0. The third-order valence-electron chi connectivity index (χ3n) is 2.71. The van der Waals surface area contributed by atoms with Gasteiger partial charge in [-0.15, -0.1) is 0 Å². The summed E-state index contributed by atoms with van der Waals surface area (Å²) < 4.78 is 1.73. The molecule has 100 valence electrons. The Kier molecular flexibility index (Phi) is 3.79. The number of amides is 1.